The fraction of sp³-hybridized carbons (Fsp3) is 0.507. The number of carbonyl (C=O) groups excluding carboxylic acids is 12. The van der Waals surface area contributed by atoms with Crippen molar-refractivity contribution in [2.45, 2.75) is 170 Å². The van der Waals surface area contributed by atoms with Crippen molar-refractivity contribution in [2.75, 3.05) is 61.0 Å². The molecule has 1 aliphatic heterocycles. The number of H-pyrrole nitrogens is 1. The smallest absolute Gasteiger partial charge is 0.326 e. The van der Waals surface area contributed by atoms with E-state index in [1.54, 1.807) is 60.7 Å². The summed E-state index contributed by atoms with van der Waals surface area (Å²) in [6.07, 6.45) is -4.51. The first-order chi connectivity index (χ1) is 53.3. The predicted octanol–water partition coefficient (Wildman–Crippen LogP) is -6.77. The van der Waals surface area contributed by atoms with Crippen LogP contribution in [0, 0.1) is 11.3 Å². The highest BCUT2D eigenvalue weighted by Gasteiger charge is 2.46. The Morgan fingerprint density at radius 3 is 1.65 bits per heavy atom. The lowest BCUT2D eigenvalue weighted by atomic mass is 9.99. The van der Waals surface area contributed by atoms with Crippen molar-refractivity contribution in [1.82, 2.24) is 77.0 Å². The zero-order valence-electron chi connectivity index (χ0n) is 63.8. The number of carbonyl (C=O) groups is 14. The van der Waals surface area contributed by atoms with E-state index < -0.39 is 225 Å². The van der Waals surface area contributed by atoms with Crippen LogP contribution in [0.4, 0.5) is 0 Å². The number of likely N-dealkylation sites (tertiary alicyclic amines) is 1. The zero-order chi connectivity index (χ0) is 84.2. The Labute approximate surface area is 650 Å². The Kier molecular flexibility index (Phi) is 35.6. The molecule has 12 amide bonds. The van der Waals surface area contributed by atoms with Gasteiger partial charge in [0.05, 0.1) is 56.5 Å². The van der Waals surface area contributed by atoms with E-state index in [2.05, 4.69) is 52.5 Å². The summed E-state index contributed by atoms with van der Waals surface area (Å²) in [5.74, 6) is -17.1. The van der Waals surface area contributed by atoms with Crippen LogP contribution in [-0.2, 0) is 92.8 Å². The number of aromatic hydroxyl groups is 1. The van der Waals surface area contributed by atoms with Gasteiger partial charge in [-0.1, -0.05) is 86.6 Å². The molecule has 15 atom stereocenters. The second-order valence-electron chi connectivity index (χ2n) is 27.9. The quantitative estimate of drug-likeness (QED) is 0.0111. The minimum absolute atomic E-state index is 0.101. The fourth-order valence-corrected chi connectivity index (χ4v) is 12.3. The Balaban J connectivity index is 1.40. The average Bonchev–Trinajstić information content (AvgIpc) is 1.80. The number of carboxylic acids is 2. The number of nitrogens with two attached hydrogens (primary N) is 2. The standard InChI is InChI=1S/C73H104N18O22/c1-38(2)59(71(111)91-33-46(97)30-53(91)64(104)81-47(72(112)113)20-15-25-78-73(75)76)85-66(106)60(40(4)95)86-62(102)48(26-43-21-23-45(96)24-22-43)82-61(101)49(29-44-32-77-37-79-44)83-65(105)55(36-93)90(8)68(108)51(35-92)84-63(103)52(27-41-16-11-9-12-17-41)88(6)69(109)54(28-42-18-13-10-14-19-42)89(7)67(107)50(31-57(99)100)80-56(98)34-87(5)70(110)58(74)39(3)94/h9-14,16-19,21-24,32,37-40,46-55,58-60,92-97H,15,20,25-31,33-36,74H2,1-8H3,(H,77,79)(H,80,98)(H,81,104)(H,82,101)(H,83,105)(H,84,103)(H,85,106)(H,86,102)(H,99,100)(H,112,113)(H4,75,76,78)/t39-,40-,46-,47+,48+,49+,50+,51+,52+,53+,54+,55+,58+,59+,60+/m1/s1. The van der Waals surface area contributed by atoms with Gasteiger partial charge in [0.25, 0.3) is 0 Å². The number of likely N-dealkylation sites (N-methyl/N-ethyl adjacent to an activating group) is 4. The molecule has 0 bridgehead atoms. The number of benzene rings is 3. The third kappa shape index (κ3) is 27.3. The van der Waals surface area contributed by atoms with Crippen molar-refractivity contribution in [2.24, 2.45) is 17.4 Å². The summed E-state index contributed by atoms with van der Waals surface area (Å²) in [7, 11) is 4.56. The van der Waals surface area contributed by atoms with Gasteiger partial charge >= 0.3 is 11.9 Å². The average molecular weight is 1590 g/mol. The van der Waals surface area contributed by atoms with Crippen molar-refractivity contribution in [3.8, 4) is 5.75 Å². The first-order valence-corrected chi connectivity index (χ1v) is 36.1. The Morgan fingerprint density at radius 2 is 1.12 bits per heavy atom. The lowest BCUT2D eigenvalue weighted by Gasteiger charge is -2.36. The molecule has 0 unspecified atom stereocenters. The van der Waals surface area contributed by atoms with Crippen LogP contribution in [0.5, 0.6) is 5.75 Å². The molecule has 40 nitrogen and oxygen atoms in total. The SMILES string of the molecule is CC(C)[C@H](NC(=O)[C@@H](NC(=O)[C@H](Cc1ccc(O)cc1)NC(=O)[C@H](Cc1c[nH]cn1)NC(=O)[C@H](CO)N(C)C(=O)[C@H](CO)NC(=O)[C@H](Cc1ccccc1)N(C)C(=O)[C@H](Cc1ccccc1)N(C)C(=O)[C@H](CC(=O)O)NC(=O)CN(C)C(=O)[C@@H](N)[C@@H](C)O)[C@@H](C)O)C(=O)N1C[C@H](O)C[C@H]1C(=O)N[C@@H](CCCNC(=N)N)C(=O)O. The zero-order valence-corrected chi connectivity index (χ0v) is 63.8. The van der Waals surface area contributed by atoms with E-state index in [4.69, 9.17) is 16.9 Å². The predicted molar refractivity (Wildman–Crippen MR) is 401 cm³/mol. The van der Waals surface area contributed by atoms with Gasteiger partial charge in [-0.25, -0.2) is 9.78 Å². The maximum Gasteiger partial charge on any atom is 0.326 e. The maximum absolute atomic E-state index is 15.2. The van der Waals surface area contributed by atoms with Gasteiger partial charge in [0, 0.05) is 79.6 Å². The van der Waals surface area contributed by atoms with Crippen molar-refractivity contribution in [3.05, 3.63) is 120 Å². The van der Waals surface area contributed by atoms with E-state index in [-0.39, 0.29) is 56.1 Å². The minimum atomic E-state index is -1.96. The van der Waals surface area contributed by atoms with Gasteiger partial charge < -0.3 is 124 Å². The fourth-order valence-electron chi connectivity index (χ4n) is 12.3. The van der Waals surface area contributed by atoms with Gasteiger partial charge in [0.1, 0.15) is 78.3 Å². The topological polar surface area (TPSA) is 618 Å². The van der Waals surface area contributed by atoms with Crippen LogP contribution >= 0.6 is 0 Å². The molecule has 1 fully saturated rings. The van der Waals surface area contributed by atoms with Crippen LogP contribution in [0.1, 0.15) is 75.8 Å². The summed E-state index contributed by atoms with van der Waals surface area (Å²) in [6.45, 7) is 1.98. The number of guanidine groups is 1. The van der Waals surface area contributed by atoms with Crippen LogP contribution in [0.15, 0.2) is 97.5 Å². The second-order valence-corrected chi connectivity index (χ2v) is 27.9. The van der Waals surface area contributed by atoms with E-state index in [1.807, 2.05) is 0 Å². The number of phenols is 1. The van der Waals surface area contributed by atoms with Gasteiger partial charge in [-0.05, 0) is 61.4 Å². The molecule has 5 rings (SSSR count). The number of phenolic OH excluding ortho intramolecular Hbond substituents is 1. The molecular formula is C73H104N18O22. The number of aromatic amines is 1. The summed E-state index contributed by atoms with van der Waals surface area (Å²) in [5, 5.41) is 110. The Morgan fingerprint density at radius 1 is 0.593 bits per heavy atom. The van der Waals surface area contributed by atoms with Crippen LogP contribution in [-0.4, -0.2) is 316 Å². The third-order valence-corrected chi connectivity index (χ3v) is 18.8. The molecule has 2 heterocycles. The number of aliphatic carboxylic acids is 2. The number of imidazole rings is 1. The molecule has 3 aromatic carbocycles. The first-order valence-electron chi connectivity index (χ1n) is 36.1. The number of aromatic nitrogens is 2. The van der Waals surface area contributed by atoms with Gasteiger partial charge in [-0.15, -0.1) is 0 Å². The number of amides is 12. The lowest BCUT2D eigenvalue weighted by molar-refractivity contribution is -0.151. The molecule has 618 valence electrons. The molecular weight excluding hydrogens is 1480 g/mol. The van der Waals surface area contributed by atoms with E-state index in [0.717, 1.165) is 40.6 Å². The largest absolute Gasteiger partial charge is 0.508 e. The van der Waals surface area contributed by atoms with E-state index >= 15 is 4.79 Å². The highest BCUT2D eigenvalue weighted by Crippen LogP contribution is 2.24. The number of aliphatic hydroxyl groups excluding tert-OH is 5. The van der Waals surface area contributed by atoms with Crippen LogP contribution in [0.25, 0.3) is 0 Å². The molecule has 1 saturated heterocycles. The Bertz CT molecular complexity index is 3930. The van der Waals surface area contributed by atoms with E-state index in [1.165, 1.54) is 71.7 Å². The molecule has 4 aromatic rings. The summed E-state index contributed by atoms with van der Waals surface area (Å²) in [4.78, 5) is 208. The van der Waals surface area contributed by atoms with Crippen molar-refractivity contribution in [1.29, 1.82) is 5.41 Å². The monoisotopic (exact) mass is 1580 g/mol. The molecule has 40 heteroatoms. The number of nitrogens with zero attached hydrogens (tertiary/aromatic N) is 6. The molecule has 0 aliphatic carbocycles. The highest BCUT2D eigenvalue weighted by atomic mass is 16.4. The van der Waals surface area contributed by atoms with Crippen LogP contribution in [0.2, 0.25) is 0 Å². The first kappa shape index (κ1) is 91.9. The number of nitrogens with one attached hydrogen (secondary N) is 10. The normalized spacial score (nSPS) is 16.6. The van der Waals surface area contributed by atoms with Crippen LogP contribution < -0.4 is 54.0 Å². The molecule has 22 N–H and O–H groups in total. The lowest BCUT2D eigenvalue weighted by Crippen LogP contribution is -2.63. The highest BCUT2D eigenvalue weighted by molar-refractivity contribution is 6.00. The summed E-state index contributed by atoms with van der Waals surface area (Å²) >= 11 is 0. The minimum Gasteiger partial charge on any atom is -0.508 e. The van der Waals surface area contributed by atoms with E-state index in [0.29, 0.717) is 21.6 Å². The number of rotatable bonds is 43. The number of hydrogen-bond donors (Lipinski definition) is 20. The van der Waals surface area contributed by atoms with Crippen molar-refractivity contribution < 1.29 is 108 Å². The van der Waals surface area contributed by atoms with Gasteiger partial charge in [0.2, 0.25) is 70.9 Å². The number of hydrogen-bond acceptors (Lipinski definition) is 23. The maximum atomic E-state index is 15.2. The van der Waals surface area contributed by atoms with Gasteiger partial charge in [-0.2, -0.15) is 0 Å². The van der Waals surface area contributed by atoms with Gasteiger partial charge in [-0.3, -0.25) is 67.7 Å². The Hall–Kier alpha value is -11.7. The van der Waals surface area contributed by atoms with E-state index in [9.17, 15) is 103 Å². The number of aliphatic hydroxyl groups is 5. The summed E-state index contributed by atoms with van der Waals surface area (Å²) in [6, 6.07) is 1.37. The molecule has 1 aromatic heterocycles. The van der Waals surface area contributed by atoms with Crippen molar-refractivity contribution in [3.63, 3.8) is 0 Å². The van der Waals surface area contributed by atoms with Crippen molar-refractivity contribution >= 4 is 88.8 Å². The molecule has 0 radical (unpaired) electrons. The molecule has 0 saturated carbocycles. The van der Waals surface area contributed by atoms with Crippen LogP contribution in [0.3, 0.4) is 0 Å². The molecule has 1 aliphatic rings. The molecule has 113 heavy (non-hydrogen) atoms. The number of carboxylic acid groups (broad SMARTS) is 2. The number of β-amino-alcohol motifs (C(OH)–C–C–N with tert-alkyl or cyclic N) is 1. The third-order valence-electron chi connectivity index (χ3n) is 18.8. The van der Waals surface area contributed by atoms with Gasteiger partial charge in [0.15, 0.2) is 5.96 Å². The molecule has 0 spiro atoms. The summed E-state index contributed by atoms with van der Waals surface area (Å²) < 4.78 is 0. The second kappa shape index (κ2) is 43.8. The summed E-state index contributed by atoms with van der Waals surface area (Å²) in [5.41, 5.74) is 12.4.